The average molecular weight is 200 g/mol. The number of hydrogen-bond acceptors (Lipinski definition) is 2. The Morgan fingerprint density at radius 2 is 1.36 bits per heavy atom. The Hall–Kier alpha value is -0.0800. The highest BCUT2D eigenvalue weighted by molar-refractivity contribution is 4.97. The Morgan fingerprint density at radius 3 is 1.71 bits per heavy atom. The first-order valence-corrected chi connectivity index (χ1v) is 5.51. The molecule has 0 saturated heterocycles. The van der Waals surface area contributed by atoms with Gasteiger partial charge >= 0.3 is 0 Å². The van der Waals surface area contributed by atoms with Crippen LogP contribution in [0.3, 0.4) is 0 Å². The molecule has 2 N–H and O–H groups in total. The van der Waals surface area contributed by atoms with E-state index in [4.69, 9.17) is 5.11 Å². The zero-order valence-electron chi connectivity index (χ0n) is 9.93. The second-order valence-electron chi connectivity index (χ2n) is 6.56. The third-order valence-corrected chi connectivity index (χ3v) is 3.15. The molecule has 0 aliphatic heterocycles. The lowest BCUT2D eigenvalue weighted by molar-refractivity contribution is -0.0963. The first kappa shape index (κ1) is 12.0. The third-order valence-electron chi connectivity index (χ3n) is 3.15. The van der Waals surface area contributed by atoms with Crippen molar-refractivity contribution < 1.29 is 10.2 Å². The third kappa shape index (κ3) is 2.96. The SMILES string of the molecule is CC1(C)CC(C)(C)CC(O)(CCO)C1. The lowest BCUT2D eigenvalue weighted by atomic mass is 9.59. The van der Waals surface area contributed by atoms with Crippen molar-refractivity contribution in [1.29, 1.82) is 0 Å². The van der Waals surface area contributed by atoms with E-state index in [2.05, 4.69) is 27.7 Å². The second kappa shape index (κ2) is 3.49. The van der Waals surface area contributed by atoms with Gasteiger partial charge in [-0.2, -0.15) is 0 Å². The van der Waals surface area contributed by atoms with Crippen molar-refractivity contribution in [3.8, 4) is 0 Å². The molecule has 14 heavy (non-hydrogen) atoms. The molecule has 2 nitrogen and oxygen atoms in total. The van der Waals surface area contributed by atoms with E-state index in [1.54, 1.807) is 0 Å². The summed E-state index contributed by atoms with van der Waals surface area (Å²) in [5, 5.41) is 19.3. The van der Waals surface area contributed by atoms with Gasteiger partial charge in [-0.1, -0.05) is 27.7 Å². The normalized spacial score (nSPS) is 28.7. The van der Waals surface area contributed by atoms with Crippen LogP contribution in [0.15, 0.2) is 0 Å². The minimum atomic E-state index is -0.653. The van der Waals surface area contributed by atoms with E-state index in [1.165, 1.54) is 0 Å². The highest BCUT2D eigenvalue weighted by atomic mass is 16.3. The highest BCUT2D eigenvalue weighted by Gasteiger charge is 2.45. The van der Waals surface area contributed by atoms with Crippen LogP contribution in [-0.4, -0.2) is 22.4 Å². The molecule has 0 aromatic heterocycles. The van der Waals surface area contributed by atoms with E-state index in [0.29, 0.717) is 6.42 Å². The highest BCUT2D eigenvalue weighted by Crippen LogP contribution is 2.50. The molecule has 0 radical (unpaired) electrons. The summed E-state index contributed by atoms with van der Waals surface area (Å²) in [5.41, 5.74) is -0.280. The van der Waals surface area contributed by atoms with Gasteiger partial charge in [0.1, 0.15) is 0 Å². The van der Waals surface area contributed by atoms with Gasteiger partial charge in [0.05, 0.1) is 5.60 Å². The van der Waals surface area contributed by atoms with Crippen molar-refractivity contribution >= 4 is 0 Å². The molecule has 2 heteroatoms. The summed E-state index contributed by atoms with van der Waals surface area (Å²) >= 11 is 0. The van der Waals surface area contributed by atoms with Crippen LogP contribution in [0.2, 0.25) is 0 Å². The Kier molecular flexibility index (Phi) is 2.99. The van der Waals surface area contributed by atoms with Gasteiger partial charge in [0.2, 0.25) is 0 Å². The molecule has 0 aromatic rings. The van der Waals surface area contributed by atoms with Crippen LogP contribution in [0.5, 0.6) is 0 Å². The predicted octanol–water partition coefficient (Wildman–Crippen LogP) is 2.34. The fraction of sp³-hybridized carbons (Fsp3) is 1.00. The van der Waals surface area contributed by atoms with E-state index in [1.807, 2.05) is 0 Å². The van der Waals surface area contributed by atoms with E-state index < -0.39 is 5.60 Å². The van der Waals surface area contributed by atoms with Gasteiger partial charge in [0.25, 0.3) is 0 Å². The summed E-state index contributed by atoms with van der Waals surface area (Å²) in [5.74, 6) is 0. The number of rotatable bonds is 2. The maximum atomic E-state index is 10.4. The van der Waals surface area contributed by atoms with Crippen LogP contribution in [0.25, 0.3) is 0 Å². The predicted molar refractivity (Wildman–Crippen MR) is 58.1 cm³/mol. The van der Waals surface area contributed by atoms with E-state index in [0.717, 1.165) is 19.3 Å². The van der Waals surface area contributed by atoms with Crippen molar-refractivity contribution in [1.82, 2.24) is 0 Å². The fourth-order valence-electron chi connectivity index (χ4n) is 3.65. The van der Waals surface area contributed by atoms with Crippen LogP contribution in [0.4, 0.5) is 0 Å². The summed E-state index contributed by atoms with van der Waals surface area (Å²) in [4.78, 5) is 0. The fourth-order valence-corrected chi connectivity index (χ4v) is 3.65. The summed E-state index contributed by atoms with van der Waals surface area (Å²) in [6.07, 6.45) is 3.28. The topological polar surface area (TPSA) is 40.5 Å². The zero-order chi connectivity index (χ0) is 11.0. The van der Waals surface area contributed by atoms with Gasteiger partial charge in [-0.25, -0.2) is 0 Å². The van der Waals surface area contributed by atoms with E-state index in [9.17, 15) is 5.11 Å². The molecule has 0 bridgehead atoms. The van der Waals surface area contributed by atoms with Gasteiger partial charge in [0.15, 0.2) is 0 Å². The molecular formula is C12H24O2. The number of hydrogen-bond donors (Lipinski definition) is 2. The van der Waals surface area contributed by atoms with Crippen molar-refractivity contribution in [2.45, 2.75) is 59.0 Å². The lowest BCUT2D eigenvalue weighted by Crippen LogP contribution is -2.46. The Balaban J connectivity index is 2.80. The first-order valence-electron chi connectivity index (χ1n) is 5.51. The van der Waals surface area contributed by atoms with E-state index >= 15 is 0 Å². The first-order chi connectivity index (χ1) is 6.18. The number of aliphatic hydroxyl groups excluding tert-OH is 1. The molecule has 0 amide bonds. The molecule has 0 unspecified atom stereocenters. The van der Waals surface area contributed by atoms with Crippen molar-refractivity contribution in [2.75, 3.05) is 6.61 Å². The molecule has 84 valence electrons. The van der Waals surface area contributed by atoms with E-state index in [-0.39, 0.29) is 17.4 Å². The molecular weight excluding hydrogens is 176 g/mol. The van der Waals surface area contributed by atoms with Crippen LogP contribution in [-0.2, 0) is 0 Å². The Morgan fingerprint density at radius 1 is 0.929 bits per heavy atom. The van der Waals surface area contributed by atoms with Gasteiger partial charge in [-0.15, -0.1) is 0 Å². The van der Waals surface area contributed by atoms with Crippen molar-refractivity contribution in [3.05, 3.63) is 0 Å². The van der Waals surface area contributed by atoms with Crippen LogP contribution < -0.4 is 0 Å². The minimum absolute atomic E-state index is 0.0860. The molecule has 1 aliphatic carbocycles. The van der Waals surface area contributed by atoms with Gasteiger partial charge in [0, 0.05) is 6.61 Å². The van der Waals surface area contributed by atoms with Crippen molar-refractivity contribution in [2.24, 2.45) is 10.8 Å². The number of aliphatic hydroxyl groups is 2. The summed E-state index contributed by atoms with van der Waals surface area (Å²) in [7, 11) is 0. The van der Waals surface area contributed by atoms with Gasteiger partial charge in [-0.05, 0) is 36.5 Å². The largest absolute Gasteiger partial charge is 0.396 e. The molecule has 1 rings (SSSR count). The second-order valence-corrected chi connectivity index (χ2v) is 6.56. The Bertz CT molecular complexity index is 190. The van der Waals surface area contributed by atoms with Crippen LogP contribution in [0.1, 0.15) is 53.4 Å². The lowest BCUT2D eigenvalue weighted by Gasteiger charge is -2.49. The molecule has 1 fully saturated rings. The molecule has 1 saturated carbocycles. The summed E-state index contributed by atoms with van der Waals surface area (Å²) in [6.45, 7) is 8.90. The quantitative estimate of drug-likeness (QED) is 0.718. The zero-order valence-corrected chi connectivity index (χ0v) is 9.93. The molecule has 0 heterocycles. The summed E-state index contributed by atoms with van der Waals surface area (Å²) < 4.78 is 0. The molecule has 0 aromatic carbocycles. The van der Waals surface area contributed by atoms with Crippen LogP contribution >= 0.6 is 0 Å². The smallest absolute Gasteiger partial charge is 0.0679 e. The molecule has 0 atom stereocenters. The average Bonchev–Trinajstić information content (AvgIpc) is 1.75. The van der Waals surface area contributed by atoms with Gasteiger partial charge in [-0.3, -0.25) is 0 Å². The molecule has 0 spiro atoms. The van der Waals surface area contributed by atoms with Crippen LogP contribution in [0, 0.1) is 10.8 Å². The van der Waals surface area contributed by atoms with Crippen molar-refractivity contribution in [3.63, 3.8) is 0 Å². The maximum absolute atomic E-state index is 10.4. The summed E-state index contributed by atoms with van der Waals surface area (Å²) in [6, 6.07) is 0. The Labute approximate surface area is 87.3 Å². The standard InChI is InChI=1S/C12H24O2/c1-10(2)7-11(3,4)9-12(14,8-10)5-6-13/h13-14H,5-9H2,1-4H3. The molecule has 1 aliphatic rings. The van der Waals surface area contributed by atoms with Gasteiger partial charge < -0.3 is 10.2 Å². The minimum Gasteiger partial charge on any atom is -0.396 e. The monoisotopic (exact) mass is 200 g/mol. The maximum Gasteiger partial charge on any atom is 0.0679 e.